The van der Waals surface area contributed by atoms with Crippen LogP contribution in [0.1, 0.15) is 44.9 Å². The van der Waals surface area contributed by atoms with Gasteiger partial charge in [0, 0.05) is 35.3 Å². The Morgan fingerprint density at radius 1 is 1.02 bits per heavy atom. The fourth-order valence-electron chi connectivity index (χ4n) is 7.81. The Balaban J connectivity index is 1.24. The van der Waals surface area contributed by atoms with Gasteiger partial charge in [0.1, 0.15) is 23.6 Å². The van der Waals surface area contributed by atoms with Crippen LogP contribution in [0.3, 0.4) is 0 Å². The Bertz CT molecular complexity index is 1720. The Morgan fingerprint density at radius 3 is 2.57 bits per heavy atom. The number of pyridine rings is 1. The SMILES string of the molecule is O=C1CC2(CCCN(c3nc(OCC45CCCN4CCC5)nc4c(F)c(-c5cccc6cccc(Cl)c56)ncc34)C2)N1. The largest absolute Gasteiger partial charge is 0.461 e. The van der Waals surface area contributed by atoms with Crippen molar-refractivity contribution in [1.82, 2.24) is 25.2 Å². The number of benzene rings is 2. The zero-order chi connectivity index (χ0) is 28.5. The number of β-lactam (4-membered cyclic amide) rings is 1. The second-order valence-electron chi connectivity index (χ2n) is 12.4. The van der Waals surface area contributed by atoms with Gasteiger partial charge in [-0.1, -0.05) is 41.9 Å². The van der Waals surface area contributed by atoms with Crippen LogP contribution in [0.25, 0.3) is 32.9 Å². The van der Waals surface area contributed by atoms with Crippen molar-refractivity contribution in [2.45, 2.75) is 56.0 Å². The van der Waals surface area contributed by atoms with Crippen molar-refractivity contribution in [3.8, 4) is 17.3 Å². The fraction of sp³-hybridized carbons (Fsp3) is 0.438. The van der Waals surface area contributed by atoms with E-state index in [4.69, 9.17) is 21.3 Å². The number of anilines is 1. The van der Waals surface area contributed by atoms with Gasteiger partial charge in [0.15, 0.2) is 5.82 Å². The van der Waals surface area contributed by atoms with E-state index in [0.29, 0.717) is 41.4 Å². The maximum Gasteiger partial charge on any atom is 0.319 e. The summed E-state index contributed by atoms with van der Waals surface area (Å²) in [6.45, 7) is 4.00. The number of piperidine rings is 1. The first-order valence-corrected chi connectivity index (χ1v) is 15.3. The molecule has 1 N–H and O–H groups in total. The lowest BCUT2D eigenvalue weighted by molar-refractivity contribution is -0.133. The van der Waals surface area contributed by atoms with Gasteiger partial charge in [-0.15, -0.1) is 0 Å². The number of nitrogens with zero attached hydrogens (tertiary/aromatic N) is 5. The van der Waals surface area contributed by atoms with Crippen LogP contribution in [-0.2, 0) is 4.79 Å². The highest BCUT2D eigenvalue weighted by Crippen LogP contribution is 2.41. The zero-order valence-corrected chi connectivity index (χ0v) is 24.1. The minimum Gasteiger partial charge on any atom is -0.461 e. The third-order valence-corrected chi connectivity index (χ3v) is 10.1. The van der Waals surface area contributed by atoms with Crippen molar-refractivity contribution >= 4 is 45.0 Å². The minimum atomic E-state index is -0.529. The van der Waals surface area contributed by atoms with Gasteiger partial charge in [0.05, 0.1) is 22.9 Å². The van der Waals surface area contributed by atoms with E-state index >= 15 is 4.39 Å². The molecule has 42 heavy (non-hydrogen) atoms. The highest BCUT2D eigenvalue weighted by Gasteiger charge is 2.47. The molecule has 0 aliphatic carbocycles. The average molecular weight is 587 g/mol. The number of carbonyl (C=O) groups is 1. The molecule has 4 saturated heterocycles. The van der Waals surface area contributed by atoms with E-state index in [0.717, 1.165) is 68.9 Å². The van der Waals surface area contributed by atoms with Gasteiger partial charge >= 0.3 is 6.01 Å². The zero-order valence-electron chi connectivity index (χ0n) is 23.3. The molecule has 2 aromatic heterocycles. The molecular weight excluding hydrogens is 555 g/mol. The summed E-state index contributed by atoms with van der Waals surface area (Å²) in [4.78, 5) is 30.7. The standard InChI is InChI=1S/C32H32ClFN6O2/c33-23-9-2-7-20-6-1-8-21(25(20)23)27-26(34)28-22(17-35-27)29(39-13-3-10-31(18-39)16-24(41)38-31)37-30(36-28)42-19-32-11-4-14-40(32)15-5-12-32/h1-2,6-9,17H,3-5,10-16,18-19H2,(H,38,41). The Kier molecular flexibility index (Phi) is 6.05. The molecule has 0 bridgehead atoms. The van der Waals surface area contributed by atoms with Crippen LogP contribution in [0.2, 0.25) is 5.02 Å². The number of hydrogen-bond acceptors (Lipinski definition) is 7. The number of amides is 1. The predicted octanol–water partition coefficient (Wildman–Crippen LogP) is 5.50. The topological polar surface area (TPSA) is 83.5 Å². The van der Waals surface area contributed by atoms with Gasteiger partial charge in [-0.2, -0.15) is 9.97 Å². The molecule has 4 aromatic rings. The summed E-state index contributed by atoms with van der Waals surface area (Å²) in [5.74, 6) is 0.131. The number of halogens is 2. The van der Waals surface area contributed by atoms with E-state index in [-0.39, 0.29) is 34.2 Å². The smallest absolute Gasteiger partial charge is 0.319 e. The van der Waals surface area contributed by atoms with Crippen LogP contribution in [0.4, 0.5) is 10.2 Å². The lowest BCUT2D eigenvalue weighted by Crippen LogP contribution is -2.68. The van der Waals surface area contributed by atoms with Crippen molar-refractivity contribution in [1.29, 1.82) is 0 Å². The highest BCUT2D eigenvalue weighted by molar-refractivity contribution is 6.36. The second-order valence-corrected chi connectivity index (χ2v) is 12.8. The summed E-state index contributed by atoms with van der Waals surface area (Å²) in [6.07, 6.45) is 8.46. The molecule has 8 nitrogen and oxygen atoms in total. The van der Waals surface area contributed by atoms with Crippen molar-refractivity contribution in [3.05, 3.63) is 53.4 Å². The van der Waals surface area contributed by atoms with Gasteiger partial charge in [-0.05, 0) is 63.1 Å². The lowest BCUT2D eigenvalue weighted by atomic mass is 9.80. The Morgan fingerprint density at radius 2 is 1.79 bits per heavy atom. The van der Waals surface area contributed by atoms with Gasteiger partial charge < -0.3 is 15.0 Å². The van der Waals surface area contributed by atoms with Gasteiger partial charge in [0.2, 0.25) is 5.91 Å². The normalized spacial score (nSPS) is 23.4. The van der Waals surface area contributed by atoms with Gasteiger partial charge in [-0.25, -0.2) is 4.39 Å². The quantitative estimate of drug-likeness (QED) is 0.309. The maximum atomic E-state index is 16.6. The first kappa shape index (κ1) is 26.1. The van der Waals surface area contributed by atoms with Crippen molar-refractivity contribution < 1.29 is 13.9 Å². The maximum absolute atomic E-state index is 16.6. The third-order valence-electron chi connectivity index (χ3n) is 9.81. The highest BCUT2D eigenvalue weighted by atomic mass is 35.5. The predicted molar refractivity (Wildman–Crippen MR) is 160 cm³/mol. The number of ether oxygens (including phenoxy) is 1. The molecule has 4 fully saturated rings. The summed E-state index contributed by atoms with van der Waals surface area (Å²) >= 11 is 6.60. The van der Waals surface area contributed by atoms with Crippen molar-refractivity contribution in [2.24, 2.45) is 0 Å². The van der Waals surface area contributed by atoms with Crippen LogP contribution in [0.15, 0.2) is 42.6 Å². The molecule has 10 heteroatoms. The van der Waals surface area contributed by atoms with Crippen molar-refractivity contribution in [3.63, 3.8) is 0 Å². The molecule has 4 aliphatic rings. The Hall–Kier alpha value is -3.56. The molecule has 0 radical (unpaired) electrons. The average Bonchev–Trinajstić information content (AvgIpc) is 3.56. The van der Waals surface area contributed by atoms with Gasteiger partial charge in [0.25, 0.3) is 0 Å². The number of fused-ring (bicyclic) bond motifs is 3. The number of nitrogens with one attached hydrogen (secondary N) is 1. The molecule has 8 rings (SSSR count). The molecular formula is C32H32ClFN6O2. The van der Waals surface area contributed by atoms with E-state index < -0.39 is 5.82 Å². The number of carbonyl (C=O) groups excluding carboxylic acids is 1. The van der Waals surface area contributed by atoms with E-state index in [2.05, 4.69) is 25.1 Å². The molecule has 1 spiro atoms. The molecule has 4 aliphatic heterocycles. The van der Waals surface area contributed by atoms with Gasteiger partial charge in [-0.3, -0.25) is 14.7 Å². The van der Waals surface area contributed by atoms with Crippen LogP contribution >= 0.6 is 11.6 Å². The molecule has 1 atom stereocenters. The monoisotopic (exact) mass is 586 g/mol. The summed E-state index contributed by atoms with van der Waals surface area (Å²) in [6, 6.07) is 11.5. The number of aromatic nitrogens is 3. The van der Waals surface area contributed by atoms with Crippen LogP contribution in [0.5, 0.6) is 6.01 Å². The minimum absolute atomic E-state index is 0.00548. The fourth-order valence-corrected chi connectivity index (χ4v) is 8.09. The molecule has 2 aromatic carbocycles. The third kappa shape index (κ3) is 4.12. The summed E-state index contributed by atoms with van der Waals surface area (Å²) in [5.41, 5.74) is 0.710. The Labute approximate surface area is 248 Å². The first-order chi connectivity index (χ1) is 20.4. The number of rotatable bonds is 5. The summed E-state index contributed by atoms with van der Waals surface area (Å²) in [7, 11) is 0. The number of hydrogen-bond donors (Lipinski definition) is 1. The van der Waals surface area contributed by atoms with E-state index in [1.54, 1.807) is 12.3 Å². The second kappa shape index (κ2) is 9.74. The van der Waals surface area contributed by atoms with Crippen LogP contribution in [0, 0.1) is 5.82 Å². The van der Waals surface area contributed by atoms with Crippen LogP contribution in [-0.4, -0.2) is 69.6 Å². The summed E-state index contributed by atoms with van der Waals surface area (Å²) in [5, 5.41) is 5.83. The molecule has 1 unspecified atom stereocenters. The molecule has 0 saturated carbocycles. The first-order valence-electron chi connectivity index (χ1n) is 14.9. The van der Waals surface area contributed by atoms with E-state index in [9.17, 15) is 4.79 Å². The molecule has 6 heterocycles. The van der Waals surface area contributed by atoms with Crippen molar-refractivity contribution in [2.75, 3.05) is 37.7 Å². The van der Waals surface area contributed by atoms with E-state index in [1.807, 2.05) is 30.3 Å². The van der Waals surface area contributed by atoms with E-state index in [1.165, 1.54) is 0 Å². The lowest BCUT2D eigenvalue weighted by Gasteiger charge is -2.49. The molecule has 1 amide bonds. The van der Waals surface area contributed by atoms with Crippen LogP contribution < -0.4 is 15.0 Å². The summed E-state index contributed by atoms with van der Waals surface area (Å²) < 4.78 is 23.0. The molecule has 216 valence electrons.